The highest BCUT2D eigenvalue weighted by molar-refractivity contribution is 5.98. The van der Waals surface area contributed by atoms with Crippen LogP contribution in [0.4, 0.5) is 0 Å². The minimum Gasteiger partial charge on any atom is -0.353 e. The molecular weight excluding hydrogens is 332 g/mol. The molecule has 7 nitrogen and oxygen atoms in total. The number of fused-ring (bicyclic) bond motifs is 2. The Kier molecular flexibility index (Phi) is 4.63. The summed E-state index contributed by atoms with van der Waals surface area (Å²) >= 11 is 0. The maximum absolute atomic E-state index is 12.3. The van der Waals surface area contributed by atoms with Gasteiger partial charge in [-0.25, -0.2) is 0 Å². The van der Waals surface area contributed by atoms with Gasteiger partial charge in [-0.3, -0.25) is 19.7 Å². The molecule has 1 saturated heterocycles. The van der Waals surface area contributed by atoms with Crippen molar-refractivity contribution in [1.29, 1.82) is 0 Å². The quantitative estimate of drug-likeness (QED) is 0.727. The van der Waals surface area contributed by atoms with Crippen molar-refractivity contribution < 1.29 is 14.4 Å². The number of carbonyl (C=O) groups is 3. The van der Waals surface area contributed by atoms with Crippen molar-refractivity contribution in [3.63, 3.8) is 0 Å². The number of carbonyl (C=O) groups excluding carboxylic acids is 3. The second-order valence-corrected chi connectivity index (χ2v) is 7.35. The smallest absolute Gasteiger partial charge is 0.254 e. The van der Waals surface area contributed by atoms with Crippen LogP contribution in [0.1, 0.15) is 41.6 Å². The zero-order valence-electron chi connectivity index (χ0n) is 14.7. The normalized spacial score (nSPS) is 27.5. The fourth-order valence-corrected chi connectivity index (χ4v) is 4.27. The zero-order chi connectivity index (χ0) is 18.1. The van der Waals surface area contributed by atoms with Crippen molar-refractivity contribution in [2.24, 2.45) is 5.92 Å². The lowest BCUT2D eigenvalue weighted by Gasteiger charge is -2.39. The summed E-state index contributed by atoms with van der Waals surface area (Å²) in [6.45, 7) is 1.52. The van der Waals surface area contributed by atoms with Crippen LogP contribution in [0.5, 0.6) is 0 Å². The number of nitrogens with zero attached hydrogens (tertiary/aromatic N) is 1. The molecule has 26 heavy (non-hydrogen) atoms. The van der Waals surface area contributed by atoms with E-state index in [1.807, 2.05) is 24.3 Å². The van der Waals surface area contributed by atoms with E-state index in [0.717, 1.165) is 24.0 Å². The first kappa shape index (κ1) is 17.0. The molecule has 3 N–H and O–H groups in total. The molecule has 2 heterocycles. The van der Waals surface area contributed by atoms with Crippen LogP contribution in [0.2, 0.25) is 0 Å². The largest absolute Gasteiger partial charge is 0.353 e. The number of hydrogen-bond donors (Lipinski definition) is 3. The van der Waals surface area contributed by atoms with Crippen LogP contribution in [-0.2, 0) is 16.1 Å². The lowest BCUT2D eigenvalue weighted by Crippen LogP contribution is -2.59. The Hall–Kier alpha value is -2.41. The van der Waals surface area contributed by atoms with Gasteiger partial charge in [0.25, 0.3) is 5.91 Å². The average molecular weight is 356 g/mol. The second kappa shape index (κ2) is 7.07. The van der Waals surface area contributed by atoms with E-state index >= 15 is 0 Å². The van der Waals surface area contributed by atoms with Gasteiger partial charge in [0.2, 0.25) is 11.8 Å². The van der Waals surface area contributed by atoms with Gasteiger partial charge >= 0.3 is 0 Å². The molecule has 1 aliphatic carbocycles. The van der Waals surface area contributed by atoms with Gasteiger partial charge in [0.15, 0.2) is 0 Å². The van der Waals surface area contributed by atoms with E-state index in [1.54, 1.807) is 4.90 Å². The molecule has 3 amide bonds. The van der Waals surface area contributed by atoms with Crippen molar-refractivity contribution in [2.45, 2.75) is 44.3 Å². The van der Waals surface area contributed by atoms with E-state index in [1.165, 1.54) is 0 Å². The third-order valence-corrected chi connectivity index (χ3v) is 5.68. The second-order valence-electron chi connectivity index (χ2n) is 7.35. The van der Waals surface area contributed by atoms with E-state index in [2.05, 4.69) is 16.0 Å². The first-order valence-corrected chi connectivity index (χ1v) is 9.29. The molecule has 0 aromatic heterocycles. The van der Waals surface area contributed by atoms with Crippen LogP contribution in [0.3, 0.4) is 0 Å². The van der Waals surface area contributed by atoms with Gasteiger partial charge < -0.3 is 15.5 Å². The maximum atomic E-state index is 12.3. The Morgan fingerprint density at radius 3 is 2.92 bits per heavy atom. The molecule has 0 spiro atoms. The van der Waals surface area contributed by atoms with Crippen LogP contribution < -0.4 is 16.0 Å². The molecule has 1 saturated carbocycles. The molecule has 4 rings (SSSR count). The highest BCUT2D eigenvalue weighted by atomic mass is 16.2. The van der Waals surface area contributed by atoms with Crippen molar-refractivity contribution in [3.05, 3.63) is 35.4 Å². The maximum Gasteiger partial charge on any atom is 0.254 e. The molecule has 7 heteroatoms. The summed E-state index contributed by atoms with van der Waals surface area (Å²) in [6.07, 6.45) is 2.72. The molecular formula is C19H24N4O3. The summed E-state index contributed by atoms with van der Waals surface area (Å²) in [7, 11) is 0. The summed E-state index contributed by atoms with van der Waals surface area (Å²) in [5, 5.41) is 9.18. The minimum absolute atomic E-state index is 0.00106. The molecule has 3 aliphatic rings. The average Bonchev–Trinajstić information content (AvgIpc) is 2.97. The third-order valence-electron chi connectivity index (χ3n) is 5.68. The van der Waals surface area contributed by atoms with E-state index in [0.29, 0.717) is 26.2 Å². The van der Waals surface area contributed by atoms with Crippen molar-refractivity contribution in [3.8, 4) is 0 Å². The van der Waals surface area contributed by atoms with Gasteiger partial charge in [-0.2, -0.15) is 0 Å². The number of hydrogen-bond acceptors (Lipinski definition) is 4. The van der Waals surface area contributed by atoms with Gasteiger partial charge in [-0.05, 0) is 30.9 Å². The van der Waals surface area contributed by atoms with Crippen LogP contribution in [0.25, 0.3) is 0 Å². The summed E-state index contributed by atoms with van der Waals surface area (Å²) in [5.74, 6) is -0.0502. The first-order chi connectivity index (χ1) is 12.6. The van der Waals surface area contributed by atoms with Gasteiger partial charge in [-0.1, -0.05) is 18.2 Å². The number of benzene rings is 1. The number of nitrogens with one attached hydrogen (secondary N) is 3. The minimum atomic E-state index is -0.0718. The fraction of sp³-hybridized carbons (Fsp3) is 0.526. The molecule has 0 radical (unpaired) electrons. The molecule has 1 aromatic carbocycles. The lowest BCUT2D eigenvalue weighted by molar-refractivity contribution is -0.130. The highest BCUT2D eigenvalue weighted by Gasteiger charge is 2.37. The summed E-state index contributed by atoms with van der Waals surface area (Å²) in [6, 6.07) is 7.82. The molecule has 3 atom stereocenters. The lowest BCUT2D eigenvalue weighted by atomic mass is 9.80. The predicted molar refractivity (Wildman–Crippen MR) is 95.0 cm³/mol. The van der Waals surface area contributed by atoms with E-state index in [9.17, 15) is 14.4 Å². The fourth-order valence-electron chi connectivity index (χ4n) is 4.27. The Balaban J connectivity index is 1.26. The van der Waals surface area contributed by atoms with Gasteiger partial charge in [0.1, 0.15) is 0 Å². The Labute approximate surface area is 152 Å². The molecule has 0 bridgehead atoms. The van der Waals surface area contributed by atoms with Crippen LogP contribution >= 0.6 is 0 Å². The molecule has 2 fully saturated rings. The zero-order valence-corrected chi connectivity index (χ0v) is 14.7. The van der Waals surface area contributed by atoms with E-state index < -0.39 is 0 Å². The van der Waals surface area contributed by atoms with Crippen molar-refractivity contribution >= 4 is 17.7 Å². The Morgan fingerprint density at radius 2 is 2.08 bits per heavy atom. The van der Waals surface area contributed by atoms with Crippen molar-refractivity contribution in [2.75, 3.05) is 13.2 Å². The summed E-state index contributed by atoms with van der Waals surface area (Å²) in [5.41, 5.74) is 1.76. The number of rotatable bonds is 4. The highest BCUT2D eigenvalue weighted by Crippen LogP contribution is 2.27. The van der Waals surface area contributed by atoms with Crippen molar-refractivity contribution in [1.82, 2.24) is 20.9 Å². The summed E-state index contributed by atoms with van der Waals surface area (Å²) in [4.78, 5) is 38.4. The molecule has 3 unspecified atom stereocenters. The molecule has 2 aliphatic heterocycles. The van der Waals surface area contributed by atoms with Gasteiger partial charge in [0.05, 0.1) is 12.6 Å². The van der Waals surface area contributed by atoms with Crippen LogP contribution in [0, 0.1) is 5.92 Å². The topological polar surface area (TPSA) is 90.5 Å². The van der Waals surface area contributed by atoms with E-state index in [4.69, 9.17) is 0 Å². The summed E-state index contributed by atoms with van der Waals surface area (Å²) < 4.78 is 0. The van der Waals surface area contributed by atoms with Gasteiger partial charge in [0, 0.05) is 37.2 Å². The SMILES string of the molecule is O=C(CCN1Cc2ccccc2C1=O)NC1CCC2NCNC(=O)C2C1. The predicted octanol–water partition coefficient (Wildman–Crippen LogP) is 0.363. The monoisotopic (exact) mass is 356 g/mol. The molecule has 138 valence electrons. The van der Waals surface area contributed by atoms with Crippen LogP contribution in [-0.4, -0.2) is 47.9 Å². The molecule has 1 aromatic rings. The first-order valence-electron chi connectivity index (χ1n) is 9.29. The number of amides is 3. The Bertz CT molecular complexity index is 735. The third kappa shape index (κ3) is 3.31. The Morgan fingerprint density at radius 1 is 1.23 bits per heavy atom. The standard InChI is InChI=1S/C19H24N4O3/c24-17(7-8-23-10-12-3-1-2-4-14(12)19(23)26)22-13-5-6-16-15(9-13)18(25)21-11-20-16/h1-4,13,15-16,20H,5-11H2,(H,21,25)(H,22,24). The van der Waals surface area contributed by atoms with Crippen LogP contribution in [0.15, 0.2) is 24.3 Å². The van der Waals surface area contributed by atoms with E-state index in [-0.39, 0.29) is 42.1 Å². The van der Waals surface area contributed by atoms with Gasteiger partial charge in [-0.15, -0.1) is 0 Å².